The molecular weight excluding hydrogens is 680 g/mol. The van der Waals surface area contributed by atoms with E-state index in [0.717, 1.165) is 16.7 Å². The Labute approximate surface area is 307 Å². The molecule has 0 saturated carbocycles. The first kappa shape index (κ1) is 41.1. The maximum absolute atomic E-state index is 17.5. The fraction of sp³-hybridized carbons (Fsp3) is 0.537. The van der Waals surface area contributed by atoms with Gasteiger partial charge in [0.2, 0.25) is 0 Å². The van der Waals surface area contributed by atoms with Crippen molar-refractivity contribution in [1.29, 1.82) is 0 Å². The van der Waals surface area contributed by atoms with Crippen molar-refractivity contribution in [2.45, 2.75) is 134 Å². The van der Waals surface area contributed by atoms with Gasteiger partial charge in [0.25, 0.3) is 0 Å². The van der Waals surface area contributed by atoms with Gasteiger partial charge in [-0.25, -0.2) is 4.79 Å². The fourth-order valence-electron chi connectivity index (χ4n) is 5.37. The van der Waals surface area contributed by atoms with E-state index in [9.17, 15) is 4.79 Å². The third-order valence-electron chi connectivity index (χ3n) is 10.6. The van der Waals surface area contributed by atoms with Crippen LogP contribution in [0.15, 0.2) is 91.0 Å². The van der Waals surface area contributed by atoms with Crippen LogP contribution in [0, 0.1) is 0 Å². The minimum Gasteiger partial charge on any atom is -0.457 e. The van der Waals surface area contributed by atoms with Crippen molar-refractivity contribution in [2.75, 3.05) is 6.61 Å². The summed E-state index contributed by atoms with van der Waals surface area (Å²) in [6, 6.07) is 28.8. The molecule has 0 aromatic heterocycles. The highest BCUT2D eigenvalue weighted by atomic mass is 28.4. The maximum Gasteiger partial charge on any atom is 0.372 e. The minimum absolute atomic E-state index is 0.0612. The van der Waals surface area contributed by atoms with Crippen LogP contribution >= 0.6 is 0 Å². The van der Waals surface area contributed by atoms with Crippen LogP contribution in [0.2, 0.25) is 36.3 Å². The second-order valence-electron chi connectivity index (χ2n) is 16.7. The lowest BCUT2D eigenvalue weighted by molar-refractivity contribution is -0.287. The number of ether oxygens (including phenoxy) is 4. The van der Waals surface area contributed by atoms with Crippen molar-refractivity contribution in [3.8, 4) is 0 Å². The first-order valence-electron chi connectivity index (χ1n) is 18.0. The lowest BCUT2D eigenvalue weighted by Crippen LogP contribution is -2.66. The molecule has 1 aliphatic rings. The van der Waals surface area contributed by atoms with E-state index in [1.54, 1.807) is 0 Å². The molecule has 0 aliphatic carbocycles. The van der Waals surface area contributed by atoms with Gasteiger partial charge in [0.15, 0.2) is 16.6 Å². The third-order valence-corrected chi connectivity index (χ3v) is 19.5. The minimum atomic E-state index is -2.83. The Morgan fingerprint density at radius 3 is 1.69 bits per heavy atom. The number of carbonyl (C=O) groups excluding carboxylic acids is 1. The number of hydrogen-bond donors (Lipinski definition) is 0. The largest absolute Gasteiger partial charge is 0.457 e. The molecule has 1 unspecified atom stereocenters. The Bertz CT molecular complexity index is 1510. The summed E-state index contributed by atoms with van der Waals surface area (Å²) >= 11 is 0. The van der Waals surface area contributed by atoms with E-state index in [1.807, 2.05) is 91.0 Å². The molecule has 0 spiro atoms. The quantitative estimate of drug-likeness (QED) is 0.114. The molecule has 1 heterocycles. The second kappa shape index (κ2) is 17.0. The zero-order valence-electron chi connectivity index (χ0n) is 32.2. The number of benzene rings is 3. The van der Waals surface area contributed by atoms with Gasteiger partial charge in [0.1, 0.15) is 18.8 Å². The van der Waals surface area contributed by atoms with Crippen LogP contribution in [-0.4, -0.2) is 59.5 Å². The molecule has 1 saturated heterocycles. The molecule has 3 aromatic carbocycles. The van der Waals surface area contributed by atoms with Gasteiger partial charge in [-0.1, -0.05) is 133 Å². The number of alkyl halides is 1. The Balaban J connectivity index is 1.77. The number of halogens is 1. The zero-order chi connectivity index (χ0) is 37.5. The van der Waals surface area contributed by atoms with Crippen LogP contribution in [0.3, 0.4) is 0 Å². The molecule has 0 radical (unpaired) electrons. The van der Waals surface area contributed by atoms with E-state index in [1.165, 1.54) is 0 Å². The molecule has 0 amide bonds. The van der Waals surface area contributed by atoms with E-state index in [0.29, 0.717) is 6.61 Å². The average molecular weight is 739 g/mol. The summed E-state index contributed by atoms with van der Waals surface area (Å²) in [6.45, 7) is 22.0. The van der Waals surface area contributed by atoms with Crippen LogP contribution in [-0.2, 0) is 52.4 Å². The summed E-state index contributed by atoms with van der Waals surface area (Å²) < 4.78 is 56.6. The topological polar surface area (TPSA) is 72.5 Å². The first-order valence-corrected chi connectivity index (χ1v) is 23.8. The molecule has 4 rings (SSSR count). The molecule has 1 aliphatic heterocycles. The zero-order valence-corrected chi connectivity index (χ0v) is 34.2. The van der Waals surface area contributed by atoms with Gasteiger partial charge in [-0.05, 0) is 53.0 Å². The molecular formula is C41H59FO7Si2. The van der Waals surface area contributed by atoms with Gasteiger partial charge in [0, 0.05) is 6.42 Å². The maximum atomic E-state index is 17.5. The number of hydrogen-bond acceptors (Lipinski definition) is 7. The molecule has 10 heteroatoms. The number of carbonyl (C=O) groups is 1. The smallest absolute Gasteiger partial charge is 0.372 e. The molecule has 51 heavy (non-hydrogen) atoms. The van der Waals surface area contributed by atoms with Crippen LogP contribution in [0.5, 0.6) is 0 Å². The van der Waals surface area contributed by atoms with E-state index in [2.05, 4.69) is 67.7 Å². The fourth-order valence-corrected chi connectivity index (χ4v) is 8.02. The highest BCUT2D eigenvalue weighted by Gasteiger charge is 2.59. The van der Waals surface area contributed by atoms with E-state index >= 15 is 4.39 Å². The van der Waals surface area contributed by atoms with Crippen molar-refractivity contribution in [3.63, 3.8) is 0 Å². The van der Waals surface area contributed by atoms with Crippen molar-refractivity contribution < 1.29 is 37.0 Å². The molecule has 1 fully saturated rings. The molecule has 0 bridgehead atoms. The normalized spacial score (nSPS) is 22.4. The predicted octanol–water partition coefficient (Wildman–Crippen LogP) is 9.77. The van der Waals surface area contributed by atoms with Gasteiger partial charge < -0.3 is 27.8 Å². The number of esters is 1. The van der Waals surface area contributed by atoms with Crippen molar-refractivity contribution in [2.24, 2.45) is 0 Å². The van der Waals surface area contributed by atoms with E-state index in [-0.39, 0.29) is 36.3 Å². The average Bonchev–Trinajstić information content (AvgIpc) is 3.06. The van der Waals surface area contributed by atoms with Gasteiger partial charge in [-0.15, -0.1) is 0 Å². The Morgan fingerprint density at radius 1 is 0.745 bits per heavy atom. The summed E-state index contributed by atoms with van der Waals surface area (Å²) in [5.41, 5.74) is 2.67. The van der Waals surface area contributed by atoms with Gasteiger partial charge in [0.05, 0.1) is 32.0 Å². The van der Waals surface area contributed by atoms with Crippen LogP contribution in [0.1, 0.15) is 64.7 Å². The Morgan fingerprint density at radius 2 is 1.20 bits per heavy atom. The molecule has 0 N–H and O–H groups in total. The van der Waals surface area contributed by atoms with Crippen LogP contribution in [0.4, 0.5) is 4.39 Å². The van der Waals surface area contributed by atoms with Crippen LogP contribution < -0.4 is 0 Å². The van der Waals surface area contributed by atoms with Gasteiger partial charge in [-0.2, -0.15) is 4.39 Å². The highest BCUT2D eigenvalue weighted by molar-refractivity contribution is 6.74. The summed E-state index contributed by atoms with van der Waals surface area (Å²) in [4.78, 5) is 13.8. The van der Waals surface area contributed by atoms with Gasteiger partial charge >= 0.3 is 11.8 Å². The summed E-state index contributed by atoms with van der Waals surface area (Å²) in [5, 5.41) is -0.376. The van der Waals surface area contributed by atoms with E-state index < -0.39 is 52.9 Å². The second-order valence-corrected chi connectivity index (χ2v) is 26.2. The highest BCUT2D eigenvalue weighted by Crippen LogP contribution is 2.46. The van der Waals surface area contributed by atoms with Crippen molar-refractivity contribution in [3.05, 3.63) is 108 Å². The summed E-state index contributed by atoms with van der Waals surface area (Å²) in [7, 11) is -5.07. The predicted molar refractivity (Wildman–Crippen MR) is 205 cm³/mol. The Kier molecular flexibility index (Phi) is 13.7. The summed E-state index contributed by atoms with van der Waals surface area (Å²) in [6.07, 6.45) is -3.86. The van der Waals surface area contributed by atoms with E-state index in [4.69, 9.17) is 27.8 Å². The SMILES string of the molecule is CC(C)(C)[Si](C)(C)O[C@H]1[C@@H]([C@@H](COCc2ccccc2)OCc2ccccc2)OC(F)(C(=O)OCc2ccccc2)C[C@H]1O[Si](C)(C)C(C)(C)C. The third kappa shape index (κ3) is 11.1. The summed E-state index contributed by atoms with van der Waals surface area (Å²) in [5.74, 6) is -3.92. The van der Waals surface area contributed by atoms with Crippen LogP contribution in [0.25, 0.3) is 0 Å². The molecule has 280 valence electrons. The Hall–Kier alpha value is -2.71. The first-order chi connectivity index (χ1) is 23.8. The standard InChI is InChI=1S/C41H59FO7Si2/c1-39(2,3)50(7,8)48-34-26-41(42,38(43)46-29-33-24-18-13-19-25-33)47-36(37(34)49-51(9,10)40(4,5)6)35(45-28-32-22-16-12-17-23-32)30-44-27-31-20-14-11-15-21-31/h11-25,34-37H,26-30H2,1-10H3/t34-,35-,36-,37-,41?/m1/s1. The molecule has 5 atom stereocenters. The monoisotopic (exact) mass is 738 g/mol. The van der Waals surface area contributed by atoms with Crippen molar-refractivity contribution in [1.82, 2.24) is 0 Å². The lowest BCUT2D eigenvalue weighted by Gasteiger charge is -2.52. The van der Waals surface area contributed by atoms with Gasteiger partial charge in [-0.3, -0.25) is 0 Å². The number of rotatable bonds is 15. The lowest BCUT2D eigenvalue weighted by atomic mass is 9.93. The molecule has 3 aromatic rings. The van der Waals surface area contributed by atoms with Crippen molar-refractivity contribution >= 4 is 22.6 Å². The molecule has 7 nitrogen and oxygen atoms in total.